The molecule has 0 aliphatic heterocycles. The lowest BCUT2D eigenvalue weighted by Crippen LogP contribution is -2.35. The maximum atomic E-state index is 12.3. The van der Waals surface area contributed by atoms with E-state index >= 15 is 0 Å². The van der Waals surface area contributed by atoms with Crippen LogP contribution >= 0.6 is 0 Å². The zero-order valence-electron chi connectivity index (χ0n) is 33.1. The molecule has 0 aromatic carbocycles. The largest absolute Gasteiger partial charge is 0.444 e. The van der Waals surface area contributed by atoms with Crippen LogP contribution in [0.15, 0.2) is 73.8 Å². The molecule has 2 unspecified atom stereocenters. The van der Waals surface area contributed by atoms with Gasteiger partial charge < -0.3 is 26.4 Å². The third kappa shape index (κ3) is 10.3. The van der Waals surface area contributed by atoms with Crippen molar-refractivity contribution in [2.45, 2.75) is 89.8 Å². The van der Waals surface area contributed by atoms with E-state index in [1.54, 1.807) is 34.2 Å². The topological polar surface area (TPSA) is 201 Å². The Morgan fingerprint density at radius 1 is 0.719 bits per heavy atom. The van der Waals surface area contributed by atoms with E-state index < -0.39 is 11.7 Å². The number of hydrogen-bond acceptors (Lipinski definition) is 13. The third-order valence-corrected chi connectivity index (χ3v) is 9.67. The van der Waals surface area contributed by atoms with Crippen LogP contribution in [0.3, 0.4) is 0 Å². The van der Waals surface area contributed by atoms with Gasteiger partial charge in [0.1, 0.15) is 5.60 Å². The monoisotopic (exact) mass is 770 g/mol. The van der Waals surface area contributed by atoms with Gasteiger partial charge in [-0.15, -0.1) is 0 Å². The summed E-state index contributed by atoms with van der Waals surface area (Å²) in [6.45, 7) is 5.59. The van der Waals surface area contributed by atoms with Crippen LogP contribution in [-0.4, -0.2) is 61.2 Å². The van der Waals surface area contributed by atoms with Crippen molar-refractivity contribution in [2.75, 3.05) is 10.6 Å². The maximum absolute atomic E-state index is 12.3. The standard InChI is InChI=1S/C23H29N7O2.C18H21N7/c1-23(2,3)32-22(31)29-18-8-6-5-7-15-11-20(25-13-17(15)18)19-9-10-24-21(28-19)27-16-12-26-30(4)14-16;1-25-11-13(9-22-25)23-18-20-7-6-16(24-18)17-8-12-4-2-3-5-15(19)14(12)10-21-17/h9-14,18H,5-8H2,1-4H3,(H,29,31)(H,24,27,28);6-11,15H,2-5,19H2,1H3,(H,20,23,24). The molecule has 2 aliphatic carbocycles. The number of hydrogen-bond donors (Lipinski definition) is 4. The van der Waals surface area contributed by atoms with Gasteiger partial charge in [-0.3, -0.25) is 19.3 Å². The molecule has 0 saturated carbocycles. The van der Waals surface area contributed by atoms with Crippen LogP contribution in [0.1, 0.15) is 93.6 Å². The van der Waals surface area contributed by atoms with E-state index in [2.05, 4.69) is 68.2 Å². The molecule has 8 rings (SSSR count). The van der Waals surface area contributed by atoms with Gasteiger partial charge in [0.25, 0.3) is 0 Å². The number of carbonyl (C=O) groups excluding carboxylic acids is 1. The van der Waals surface area contributed by atoms with Crippen molar-refractivity contribution < 1.29 is 9.53 Å². The number of nitrogens with zero attached hydrogens (tertiary/aromatic N) is 10. The molecule has 0 bridgehead atoms. The van der Waals surface area contributed by atoms with Crippen LogP contribution in [-0.2, 0) is 31.7 Å². The fraction of sp³-hybridized carbons (Fsp3) is 0.390. The summed E-state index contributed by atoms with van der Waals surface area (Å²) < 4.78 is 8.89. The Bertz CT molecular complexity index is 2310. The summed E-state index contributed by atoms with van der Waals surface area (Å²) >= 11 is 0. The number of aryl methyl sites for hydroxylation is 4. The summed E-state index contributed by atoms with van der Waals surface area (Å²) in [4.78, 5) is 39.4. The first kappa shape index (κ1) is 39.0. The number of rotatable bonds is 7. The number of amides is 1. The van der Waals surface area contributed by atoms with Crippen LogP contribution in [0.5, 0.6) is 0 Å². The number of nitrogens with two attached hydrogens (primary N) is 1. The Morgan fingerprint density at radius 2 is 1.25 bits per heavy atom. The van der Waals surface area contributed by atoms with Crippen LogP contribution in [0.2, 0.25) is 0 Å². The first-order valence-corrected chi connectivity index (χ1v) is 19.4. The summed E-state index contributed by atoms with van der Waals surface area (Å²) in [6, 6.07) is 7.89. The number of carbonyl (C=O) groups is 1. The van der Waals surface area contributed by atoms with Crippen molar-refractivity contribution in [1.29, 1.82) is 0 Å². The van der Waals surface area contributed by atoms with E-state index in [0.29, 0.717) is 11.9 Å². The van der Waals surface area contributed by atoms with Gasteiger partial charge in [-0.2, -0.15) is 10.2 Å². The molecular weight excluding hydrogens is 721 g/mol. The molecule has 16 nitrogen and oxygen atoms in total. The quantitative estimate of drug-likeness (QED) is 0.120. The molecule has 6 aromatic heterocycles. The Labute approximate surface area is 332 Å². The maximum Gasteiger partial charge on any atom is 0.408 e. The van der Waals surface area contributed by atoms with Gasteiger partial charge in [-0.1, -0.05) is 12.8 Å². The second-order valence-electron chi connectivity index (χ2n) is 15.4. The van der Waals surface area contributed by atoms with Gasteiger partial charge in [0.05, 0.1) is 52.6 Å². The van der Waals surface area contributed by atoms with E-state index in [-0.39, 0.29) is 12.1 Å². The molecule has 6 heterocycles. The van der Waals surface area contributed by atoms with Gasteiger partial charge in [0.2, 0.25) is 11.9 Å². The lowest BCUT2D eigenvalue weighted by Gasteiger charge is -2.24. The minimum Gasteiger partial charge on any atom is -0.444 e. The van der Waals surface area contributed by atoms with E-state index in [1.807, 2.05) is 71.8 Å². The number of ether oxygens (including phenoxy) is 1. The number of nitrogens with one attached hydrogen (secondary N) is 3. The molecule has 0 saturated heterocycles. The van der Waals surface area contributed by atoms with Crippen molar-refractivity contribution in [3.63, 3.8) is 0 Å². The Kier molecular flexibility index (Phi) is 11.8. The minimum atomic E-state index is -0.533. The number of alkyl carbamates (subject to hydrolysis) is 1. The normalized spacial score (nSPS) is 16.5. The molecule has 0 radical (unpaired) electrons. The summed E-state index contributed by atoms with van der Waals surface area (Å²) in [6.07, 6.45) is 22.3. The van der Waals surface area contributed by atoms with Crippen molar-refractivity contribution in [2.24, 2.45) is 19.8 Å². The molecule has 1 amide bonds. The predicted octanol–water partition coefficient (Wildman–Crippen LogP) is 7.05. The Morgan fingerprint density at radius 3 is 1.77 bits per heavy atom. The summed E-state index contributed by atoms with van der Waals surface area (Å²) in [5.74, 6) is 1.01. The number of fused-ring (bicyclic) bond motifs is 2. The third-order valence-electron chi connectivity index (χ3n) is 9.67. The molecular formula is C41H50N14O2. The lowest BCUT2D eigenvalue weighted by atomic mass is 10.00. The molecule has 296 valence electrons. The molecule has 2 aliphatic rings. The van der Waals surface area contributed by atoms with Crippen LogP contribution in [0, 0.1) is 0 Å². The first-order valence-electron chi connectivity index (χ1n) is 19.4. The van der Waals surface area contributed by atoms with E-state index in [9.17, 15) is 4.79 Å². The van der Waals surface area contributed by atoms with Crippen molar-refractivity contribution in [3.05, 3.63) is 96.1 Å². The van der Waals surface area contributed by atoms with E-state index in [0.717, 1.165) is 84.7 Å². The SMILES string of the molecule is Cn1cc(Nc2nccc(-c3cc4c(cn3)C(N)CCCC4)n2)cn1.Cn1cc(Nc2nccc(-c3cc4c(cn3)C(NC(=O)OC(C)(C)C)CCCC4)n2)cn1. The molecule has 2 atom stereocenters. The highest BCUT2D eigenvalue weighted by Crippen LogP contribution is 2.32. The minimum absolute atomic E-state index is 0.0901. The van der Waals surface area contributed by atoms with Gasteiger partial charge >= 0.3 is 6.09 Å². The predicted molar refractivity (Wildman–Crippen MR) is 218 cm³/mol. The summed E-state index contributed by atoms with van der Waals surface area (Å²) in [5, 5.41) is 17.6. The van der Waals surface area contributed by atoms with Gasteiger partial charge in [-0.25, -0.2) is 24.7 Å². The summed E-state index contributed by atoms with van der Waals surface area (Å²) in [7, 11) is 3.72. The fourth-order valence-corrected chi connectivity index (χ4v) is 6.98. The summed E-state index contributed by atoms with van der Waals surface area (Å²) in [5.41, 5.74) is 15.2. The van der Waals surface area contributed by atoms with Crippen LogP contribution < -0.4 is 21.7 Å². The highest BCUT2D eigenvalue weighted by Gasteiger charge is 2.25. The first-order chi connectivity index (χ1) is 27.5. The number of pyridine rings is 2. The fourth-order valence-electron chi connectivity index (χ4n) is 6.98. The van der Waals surface area contributed by atoms with E-state index in [4.69, 9.17) is 10.5 Å². The van der Waals surface area contributed by atoms with Gasteiger partial charge in [0.15, 0.2) is 0 Å². The smallest absolute Gasteiger partial charge is 0.408 e. The zero-order valence-corrected chi connectivity index (χ0v) is 33.1. The average Bonchev–Trinajstić information content (AvgIpc) is 3.66. The van der Waals surface area contributed by atoms with Crippen molar-refractivity contribution in [1.82, 2.24) is 54.8 Å². The molecule has 6 aromatic rings. The molecule has 0 spiro atoms. The zero-order chi connectivity index (χ0) is 39.9. The molecule has 5 N–H and O–H groups in total. The van der Waals surface area contributed by atoms with E-state index in [1.165, 1.54) is 23.1 Å². The Hall–Kier alpha value is -6.29. The van der Waals surface area contributed by atoms with Gasteiger partial charge in [0, 0.05) is 57.3 Å². The second kappa shape index (κ2) is 17.2. The molecule has 16 heteroatoms. The number of anilines is 4. The van der Waals surface area contributed by atoms with Crippen LogP contribution in [0.4, 0.5) is 28.1 Å². The highest BCUT2D eigenvalue weighted by molar-refractivity contribution is 5.69. The average molecular weight is 771 g/mol. The Balaban J connectivity index is 0.000000179. The molecule has 57 heavy (non-hydrogen) atoms. The van der Waals surface area contributed by atoms with Gasteiger partial charge in [-0.05, 0) is 106 Å². The highest BCUT2D eigenvalue weighted by atomic mass is 16.6. The number of aromatic nitrogens is 10. The van der Waals surface area contributed by atoms with Crippen LogP contribution in [0.25, 0.3) is 22.8 Å². The second-order valence-corrected chi connectivity index (χ2v) is 15.4. The van der Waals surface area contributed by atoms with Crippen molar-refractivity contribution >= 4 is 29.4 Å². The van der Waals surface area contributed by atoms with Crippen molar-refractivity contribution in [3.8, 4) is 22.8 Å². The molecule has 0 fully saturated rings. The lowest BCUT2D eigenvalue weighted by molar-refractivity contribution is 0.0500.